The van der Waals surface area contributed by atoms with Crippen LogP contribution >= 0.6 is 0 Å². The van der Waals surface area contributed by atoms with Crippen LogP contribution in [0.1, 0.15) is 95.0 Å². The second-order valence-electron chi connectivity index (χ2n) is 9.41. The van der Waals surface area contributed by atoms with Gasteiger partial charge < -0.3 is 9.47 Å². The quantitative estimate of drug-likeness (QED) is 0.287. The first-order valence-corrected chi connectivity index (χ1v) is 12.4. The molecule has 0 saturated heterocycles. The highest BCUT2D eigenvalue weighted by molar-refractivity contribution is 5.93. The van der Waals surface area contributed by atoms with Crippen LogP contribution in [0.15, 0.2) is 72.8 Å². The molecule has 4 nitrogen and oxygen atoms in total. The van der Waals surface area contributed by atoms with Crippen molar-refractivity contribution < 1.29 is 19.1 Å². The molecule has 4 heteroatoms. The number of carbonyl (C=O) groups is 2. The minimum Gasteiger partial charge on any atom is -0.419 e. The predicted molar refractivity (Wildman–Crippen MR) is 132 cm³/mol. The van der Waals surface area contributed by atoms with Crippen molar-refractivity contribution in [2.45, 2.75) is 63.2 Å². The molecule has 0 aromatic heterocycles. The van der Waals surface area contributed by atoms with Crippen molar-refractivity contribution in [1.82, 2.24) is 0 Å². The number of carbonyl (C=O) groups excluding carboxylic acids is 2. The number of esters is 2. The third-order valence-corrected chi connectivity index (χ3v) is 7.14. The zero-order valence-electron chi connectivity index (χ0n) is 19.4. The second kappa shape index (κ2) is 10.3. The maximum absolute atomic E-state index is 13.1. The van der Waals surface area contributed by atoms with Gasteiger partial charge in [0.15, 0.2) is 11.5 Å². The van der Waals surface area contributed by atoms with Crippen LogP contribution in [0.5, 0.6) is 11.5 Å². The summed E-state index contributed by atoms with van der Waals surface area (Å²) >= 11 is 0. The van der Waals surface area contributed by atoms with Gasteiger partial charge in [0.2, 0.25) is 0 Å². The van der Waals surface area contributed by atoms with Crippen molar-refractivity contribution in [3.8, 4) is 11.5 Å². The van der Waals surface area contributed by atoms with E-state index >= 15 is 0 Å². The fourth-order valence-corrected chi connectivity index (χ4v) is 5.32. The molecule has 0 atom stereocenters. The van der Waals surface area contributed by atoms with Gasteiger partial charge in [-0.25, -0.2) is 9.59 Å². The summed E-state index contributed by atoms with van der Waals surface area (Å²) < 4.78 is 12.0. The summed E-state index contributed by atoms with van der Waals surface area (Å²) in [6.07, 6.45) is 9.12. The Balaban J connectivity index is 1.57. The molecule has 2 aliphatic rings. The van der Waals surface area contributed by atoms with Crippen molar-refractivity contribution in [3.63, 3.8) is 0 Å². The third-order valence-electron chi connectivity index (χ3n) is 7.14. The van der Waals surface area contributed by atoms with Gasteiger partial charge in [0.05, 0.1) is 11.1 Å². The fraction of sp³-hybridized carbons (Fsp3) is 0.333. The predicted octanol–water partition coefficient (Wildman–Crippen LogP) is 7.44. The maximum Gasteiger partial charge on any atom is 0.343 e. The Labute approximate surface area is 200 Å². The Morgan fingerprint density at radius 2 is 1.12 bits per heavy atom. The van der Waals surface area contributed by atoms with Gasteiger partial charge in [-0.3, -0.25) is 0 Å². The summed E-state index contributed by atoms with van der Waals surface area (Å²) in [4.78, 5) is 26.1. The third kappa shape index (κ3) is 4.91. The number of hydrogen-bond donors (Lipinski definition) is 0. The van der Waals surface area contributed by atoms with Crippen LogP contribution in [0.4, 0.5) is 0 Å². The van der Waals surface area contributed by atoms with E-state index in [2.05, 4.69) is 6.07 Å². The molecule has 0 N–H and O–H groups in total. The molecule has 0 aliphatic heterocycles. The normalized spacial score (nSPS) is 16.5. The number of rotatable bonds is 6. The molecule has 0 unspecified atom stereocenters. The lowest BCUT2D eigenvalue weighted by Gasteiger charge is -2.22. The van der Waals surface area contributed by atoms with Crippen LogP contribution in [-0.2, 0) is 0 Å². The van der Waals surface area contributed by atoms with E-state index in [0.29, 0.717) is 34.5 Å². The van der Waals surface area contributed by atoms with Crippen LogP contribution < -0.4 is 9.47 Å². The molecule has 2 saturated carbocycles. The van der Waals surface area contributed by atoms with E-state index in [1.54, 1.807) is 24.3 Å². The summed E-state index contributed by atoms with van der Waals surface area (Å²) in [6.45, 7) is 0. The SMILES string of the molecule is O=C(Oc1cc(C2CCCC2)cc(C2CCCC2)c1OC(=O)c1ccccc1)c1ccccc1. The fourth-order valence-electron chi connectivity index (χ4n) is 5.32. The Morgan fingerprint density at radius 3 is 1.68 bits per heavy atom. The van der Waals surface area contributed by atoms with Crippen LogP contribution in [0.25, 0.3) is 0 Å². The molecular weight excluding hydrogens is 424 g/mol. The highest BCUT2D eigenvalue weighted by Gasteiger charge is 2.29. The highest BCUT2D eigenvalue weighted by atomic mass is 16.6. The number of hydrogen-bond acceptors (Lipinski definition) is 4. The average molecular weight is 455 g/mol. The molecule has 174 valence electrons. The topological polar surface area (TPSA) is 52.6 Å². The van der Waals surface area contributed by atoms with Gasteiger partial charge in [-0.05, 0) is 73.4 Å². The highest BCUT2D eigenvalue weighted by Crippen LogP contribution is 2.47. The van der Waals surface area contributed by atoms with Gasteiger partial charge >= 0.3 is 11.9 Å². The summed E-state index contributed by atoms with van der Waals surface area (Å²) in [5, 5.41) is 0. The molecule has 0 bridgehead atoms. The van der Waals surface area contributed by atoms with E-state index in [1.807, 2.05) is 42.5 Å². The van der Waals surface area contributed by atoms with Gasteiger partial charge in [-0.2, -0.15) is 0 Å². The zero-order chi connectivity index (χ0) is 23.3. The average Bonchev–Trinajstić information content (AvgIpc) is 3.61. The summed E-state index contributed by atoms with van der Waals surface area (Å²) in [6, 6.07) is 22.1. The monoisotopic (exact) mass is 454 g/mol. The lowest BCUT2D eigenvalue weighted by molar-refractivity contribution is 0.0680. The molecule has 0 radical (unpaired) electrons. The van der Waals surface area contributed by atoms with E-state index in [0.717, 1.165) is 44.1 Å². The van der Waals surface area contributed by atoms with Gasteiger partial charge in [0, 0.05) is 5.56 Å². The lowest BCUT2D eigenvalue weighted by atomic mass is 9.89. The Kier molecular flexibility index (Phi) is 6.75. The molecule has 3 aromatic carbocycles. The van der Waals surface area contributed by atoms with Crippen molar-refractivity contribution in [2.24, 2.45) is 0 Å². The maximum atomic E-state index is 13.1. The second-order valence-corrected chi connectivity index (χ2v) is 9.41. The first kappa shape index (κ1) is 22.4. The molecule has 0 spiro atoms. The lowest BCUT2D eigenvalue weighted by Crippen LogP contribution is -2.15. The van der Waals surface area contributed by atoms with Gasteiger partial charge in [0.1, 0.15) is 0 Å². The van der Waals surface area contributed by atoms with E-state index in [1.165, 1.54) is 18.4 Å². The van der Waals surface area contributed by atoms with Crippen molar-refractivity contribution in [1.29, 1.82) is 0 Å². The van der Waals surface area contributed by atoms with Gasteiger partial charge in [-0.15, -0.1) is 0 Å². The van der Waals surface area contributed by atoms with E-state index in [9.17, 15) is 9.59 Å². The minimum atomic E-state index is -0.446. The van der Waals surface area contributed by atoms with Crippen LogP contribution in [0.2, 0.25) is 0 Å². The number of ether oxygens (including phenoxy) is 2. The van der Waals surface area contributed by atoms with E-state index < -0.39 is 11.9 Å². The van der Waals surface area contributed by atoms with Crippen LogP contribution in [-0.4, -0.2) is 11.9 Å². The summed E-state index contributed by atoms with van der Waals surface area (Å²) in [5.41, 5.74) is 3.13. The van der Waals surface area contributed by atoms with Crippen LogP contribution in [0.3, 0.4) is 0 Å². The van der Waals surface area contributed by atoms with Crippen LogP contribution in [0, 0.1) is 0 Å². The largest absolute Gasteiger partial charge is 0.419 e. The molecule has 5 rings (SSSR count). The Morgan fingerprint density at radius 1 is 0.618 bits per heavy atom. The molecule has 3 aromatic rings. The number of benzene rings is 3. The van der Waals surface area contributed by atoms with Crippen molar-refractivity contribution in [3.05, 3.63) is 95.1 Å². The molecule has 0 amide bonds. The summed E-state index contributed by atoms with van der Waals surface area (Å²) in [5.74, 6) is 0.613. The van der Waals surface area contributed by atoms with Gasteiger partial charge in [0.25, 0.3) is 0 Å². The molecule has 2 fully saturated rings. The smallest absolute Gasteiger partial charge is 0.343 e. The van der Waals surface area contributed by atoms with Gasteiger partial charge in [-0.1, -0.05) is 68.1 Å². The molecule has 0 heterocycles. The Hall–Kier alpha value is -3.40. The zero-order valence-corrected chi connectivity index (χ0v) is 19.4. The van der Waals surface area contributed by atoms with Crippen molar-refractivity contribution >= 4 is 11.9 Å². The summed E-state index contributed by atoms with van der Waals surface area (Å²) in [7, 11) is 0. The minimum absolute atomic E-state index is 0.300. The van der Waals surface area contributed by atoms with E-state index in [4.69, 9.17) is 9.47 Å². The molecular formula is C30H30O4. The van der Waals surface area contributed by atoms with E-state index in [-0.39, 0.29) is 0 Å². The first-order valence-electron chi connectivity index (χ1n) is 12.4. The standard InChI is InChI=1S/C30H30O4/c31-29(23-15-3-1-4-16-23)33-27-20-25(21-11-7-8-12-21)19-26(22-13-9-10-14-22)28(27)34-30(32)24-17-5-2-6-18-24/h1-6,15-22H,7-14H2. The molecule has 2 aliphatic carbocycles. The Bertz CT molecular complexity index is 1140. The molecule has 34 heavy (non-hydrogen) atoms. The van der Waals surface area contributed by atoms with Crippen molar-refractivity contribution in [2.75, 3.05) is 0 Å². The first-order chi connectivity index (χ1) is 16.7.